The van der Waals surface area contributed by atoms with E-state index in [-0.39, 0.29) is 0 Å². The largest absolute Gasteiger partial charge is 0.0623 e. The maximum Gasteiger partial charge on any atom is -0.0184 e. The van der Waals surface area contributed by atoms with Crippen LogP contribution in [0.25, 0.3) is 53.9 Å². The van der Waals surface area contributed by atoms with Crippen LogP contribution in [-0.4, -0.2) is 0 Å². The standard InChI is InChI=1S/5C10H8.2C6H6/c5*1-2-6-10-8-4-3-7-9(10)5-1;2*1-2-4-6-5-3-1/h5*1-8H;2*1-6H. The van der Waals surface area contributed by atoms with Gasteiger partial charge in [-0.15, -0.1) is 0 Å². The summed E-state index contributed by atoms with van der Waals surface area (Å²) in [6.07, 6.45) is 0. The predicted octanol–water partition coefficient (Wildman–Crippen LogP) is 17.6. The second kappa shape index (κ2) is 26.1. The zero-order valence-electron chi connectivity index (χ0n) is 35.0. The minimum absolute atomic E-state index is 1.31. The van der Waals surface area contributed by atoms with Crippen LogP contribution in [0.5, 0.6) is 0 Å². The first-order valence-corrected chi connectivity index (χ1v) is 21.0. The lowest BCUT2D eigenvalue weighted by molar-refractivity contribution is 1.72. The maximum absolute atomic E-state index is 2.12. The molecule has 0 aromatic heterocycles. The van der Waals surface area contributed by atoms with Gasteiger partial charge in [0.1, 0.15) is 0 Å². The Labute approximate surface area is 367 Å². The molecular formula is C62H52. The van der Waals surface area contributed by atoms with Crippen LogP contribution in [0.3, 0.4) is 0 Å². The third kappa shape index (κ3) is 15.3. The zero-order chi connectivity index (χ0) is 42.5. The van der Waals surface area contributed by atoms with Gasteiger partial charge in [0.05, 0.1) is 0 Å². The topological polar surface area (TPSA) is 0 Å². The van der Waals surface area contributed by atoms with Crippen molar-refractivity contribution in [2.45, 2.75) is 0 Å². The molecule has 0 saturated heterocycles. The summed E-state index contributed by atoms with van der Waals surface area (Å²) < 4.78 is 0. The third-order valence-corrected chi connectivity index (χ3v) is 9.63. The Morgan fingerprint density at radius 2 is 0.145 bits per heavy atom. The average Bonchev–Trinajstić information content (AvgIpc) is 3.39. The zero-order valence-corrected chi connectivity index (χ0v) is 35.0. The second-order valence-corrected chi connectivity index (χ2v) is 14.0. The van der Waals surface area contributed by atoms with Gasteiger partial charge in [-0.1, -0.05) is 315 Å². The Kier molecular flexibility index (Phi) is 18.3. The van der Waals surface area contributed by atoms with Crippen LogP contribution in [0.15, 0.2) is 315 Å². The lowest BCUT2D eigenvalue weighted by atomic mass is 10.1. The number of fused-ring (bicyclic) bond motifs is 5. The van der Waals surface area contributed by atoms with E-state index in [0.29, 0.717) is 0 Å². The molecule has 0 heteroatoms. The molecule has 12 aromatic rings. The Bertz CT molecular complexity index is 2200. The minimum atomic E-state index is 1.31. The summed E-state index contributed by atoms with van der Waals surface area (Å²) in [6, 6.07) is 108. The van der Waals surface area contributed by atoms with Crippen molar-refractivity contribution in [3.8, 4) is 0 Å². The molecule has 62 heavy (non-hydrogen) atoms. The predicted molar refractivity (Wildman–Crippen MR) is 273 cm³/mol. The smallest absolute Gasteiger partial charge is 0.0184 e. The van der Waals surface area contributed by atoms with Crippen LogP contribution >= 0.6 is 0 Å². The molecule has 300 valence electrons. The maximum atomic E-state index is 2.12. The highest BCUT2D eigenvalue weighted by Gasteiger charge is 1.88. The van der Waals surface area contributed by atoms with Crippen molar-refractivity contribution in [2.75, 3.05) is 0 Å². The van der Waals surface area contributed by atoms with E-state index in [1.165, 1.54) is 53.9 Å². The summed E-state index contributed by atoms with van der Waals surface area (Å²) in [5, 5.41) is 13.1. The molecule has 0 radical (unpaired) electrons. The molecule has 12 rings (SSSR count). The lowest BCUT2D eigenvalue weighted by Crippen LogP contribution is -1.67. The van der Waals surface area contributed by atoms with Gasteiger partial charge in [-0.05, 0) is 53.9 Å². The third-order valence-electron chi connectivity index (χ3n) is 9.63. The number of rotatable bonds is 0. The molecule has 0 nitrogen and oxygen atoms in total. The van der Waals surface area contributed by atoms with E-state index in [2.05, 4.69) is 243 Å². The first-order chi connectivity index (χ1) is 30.8. The molecule has 0 heterocycles. The van der Waals surface area contributed by atoms with Crippen LogP contribution in [0.1, 0.15) is 0 Å². The molecule has 0 spiro atoms. The Hall–Kier alpha value is -8.06. The van der Waals surface area contributed by atoms with Crippen LogP contribution in [-0.2, 0) is 0 Å². The molecule has 0 bridgehead atoms. The average molecular weight is 797 g/mol. The van der Waals surface area contributed by atoms with Crippen molar-refractivity contribution in [1.82, 2.24) is 0 Å². The van der Waals surface area contributed by atoms with Crippen LogP contribution in [0.2, 0.25) is 0 Å². The van der Waals surface area contributed by atoms with Crippen LogP contribution < -0.4 is 0 Å². The number of hydrogen-bond acceptors (Lipinski definition) is 0. The summed E-state index contributed by atoms with van der Waals surface area (Å²) in [6.45, 7) is 0. The normalized spacial score (nSPS) is 9.61. The van der Waals surface area contributed by atoms with E-state index >= 15 is 0 Å². The first-order valence-electron chi connectivity index (χ1n) is 21.0. The fourth-order valence-corrected chi connectivity index (χ4v) is 6.43. The summed E-state index contributed by atoms with van der Waals surface area (Å²) in [7, 11) is 0. The van der Waals surface area contributed by atoms with Gasteiger partial charge in [0, 0.05) is 0 Å². The molecule has 0 unspecified atom stereocenters. The Morgan fingerprint density at radius 3 is 0.210 bits per heavy atom. The highest BCUT2D eigenvalue weighted by molar-refractivity contribution is 5.84. The van der Waals surface area contributed by atoms with Gasteiger partial charge in [-0.2, -0.15) is 0 Å². The van der Waals surface area contributed by atoms with Gasteiger partial charge < -0.3 is 0 Å². The first kappa shape index (κ1) is 43.5. The van der Waals surface area contributed by atoms with Crippen molar-refractivity contribution < 1.29 is 0 Å². The molecule has 0 N–H and O–H groups in total. The van der Waals surface area contributed by atoms with Crippen molar-refractivity contribution in [3.05, 3.63) is 315 Å². The van der Waals surface area contributed by atoms with Gasteiger partial charge in [0.25, 0.3) is 0 Å². The van der Waals surface area contributed by atoms with E-state index < -0.39 is 0 Å². The number of benzene rings is 12. The second-order valence-electron chi connectivity index (χ2n) is 14.0. The van der Waals surface area contributed by atoms with Gasteiger partial charge in [0.15, 0.2) is 0 Å². The molecule has 0 saturated carbocycles. The van der Waals surface area contributed by atoms with Gasteiger partial charge in [-0.3, -0.25) is 0 Å². The van der Waals surface area contributed by atoms with Crippen LogP contribution in [0.4, 0.5) is 0 Å². The van der Waals surface area contributed by atoms with Gasteiger partial charge in [-0.25, -0.2) is 0 Å². The Morgan fingerprint density at radius 1 is 0.0806 bits per heavy atom. The molecule has 0 aliphatic heterocycles. The molecule has 0 amide bonds. The molecular weight excluding hydrogens is 745 g/mol. The fourth-order valence-electron chi connectivity index (χ4n) is 6.43. The summed E-state index contributed by atoms with van der Waals surface area (Å²) in [5.74, 6) is 0. The van der Waals surface area contributed by atoms with Crippen molar-refractivity contribution in [3.63, 3.8) is 0 Å². The van der Waals surface area contributed by atoms with Crippen molar-refractivity contribution in [2.24, 2.45) is 0 Å². The van der Waals surface area contributed by atoms with Crippen molar-refractivity contribution >= 4 is 53.9 Å². The summed E-state index contributed by atoms with van der Waals surface area (Å²) >= 11 is 0. The monoisotopic (exact) mass is 796 g/mol. The van der Waals surface area contributed by atoms with E-state index in [4.69, 9.17) is 0 Å². The number of hydrogen-bond donors (Lipinski definition) is 0. The van der Waals surface area contributed by atoms with E-state index in [1.807, 2.05) is 72.8 Å². The van der Waals surface area contributed by atoms with E-state index in [0.717, 1.165) is 0 Å². The molecule has 0 aliphatic carbocycles. The molecule has 0 fully saturated rings. The Balaban J connectivity index is 0.000000122. The van der Waals surface area contributed by atoms with Gasteiger partial charge in [0.2, 0.25) is 0 Å². The molecule has 0 atom stereocenters. The quantitative estimate of drug-likeness (QED) is 0.143. The molecule has 0 aliphatic rings. The van der Waals surface area contributed by atoms with E-state index in [9.17, 15) is 0 Å². The fraction of sp³-hybridized carbons (Fsp3) is 0. The van der Waals surface area contributed by atoms with Crippen molar-refractivity contribution in [1.29, 1.82) is 0 Å². The SMILES string of the molecule is c1ccc2ccccc2c1.c1ccc2ccccc2c1.c1ccc2ccccc2c1.c1ccc2ccccc2c1.c1ccc2ccccc2c1.c1ccccc1.c1ccccc1. The molecule has 12 aromatic carbocycles. The highest BCUT2D eigenvalue weighted by Crippen LogP contribution is 2.14. The van der Waals surface area contributed by atoms with E-state index in [1.54, 1.807) is 0 Å². The minimum Gasteiger partial charge on any atom is -0.0623 e. The summed E-state index contributed by atoms with van der Waals surface area (Å²) in [4.78, 5) is 0. The van der Waals surface area contributed by atoms with Gasteiger partial charge >= 0.3 is 0 Å². The highest BCUT2D eigenvalue weighted by atomic mass is 13.9. The van der Waals surface area contributed by atoms with Crippen LogP contribution in [0, 0.1) is 0 Å². The lowest BCUT2D eigenvalue weighted by Gasteiger charge is -1.92. The summed E-state index contributed by atoms with van der Waals surface area (Å²) in [5.41, 5.74) is 0.